The first kappa shape index (κ1) is 9.71. The molecular formula is C11H14N4. The SMILES string of the molecule is CC(C)c1nccn1-c1ncccc1N. The maximum atomic E-state index is 5.87. The summed E-state index contributed by atoms with van der Waals surface area (Å²) in [5.74, 6) is 2.07. The maximum Gasteiger partial charge on any atom is 0.161 e. The Kier molecular flexibility index (Phi) is 2.41. The monoisotopic (exact) mass is 202 g/mol. The molecule has 15 heavy (non-hydrogen) atoms. The van der Waals surface area contributed by atoms with E-state index in [-0.39, 0.29) is 0 Å². The van der Waals surface area contributed by atoms with Crippen molar-refractivity contribution < 1.29 is 0 Å². The number of aromatic nitrogens is 3. The Balaban J connectivity index is 2.55. The Labute approximate surface area is 88.8 Å². The van der Waals surface area contributed by atoms with Gasteiger partial charge in [0.25, 0.3) is 0 Å². The second-order valence-corrected chi connectivity index (χ2v) is 3.73. The Morgan fingerprint density at radius 3 is 2.73 bits per heavy atom. The third-order valence-corrected chi connectivity index (χ3v) is 2.23. The predicted octanol–water partition coefficient (Wildman–Crippen LogP) is 1.97. The van der Waals surface area contributed by atoms with E-state index in [9.17, 15) is 0 Å². The number of hydrogen-bond acceptors (Lipinski definition) is 3. The first-order valence-corrected chi connectivity index (χ1v) is 4.94. The summed E-state index contributed by atoms with van der Waals surface area (Å²) in [6.45, 7) is 4.19. The fourth-order valence-corrected chi connectivity index (χ4v) is 1.53. The molecule has 2 aromatic heterocycles. The predicted molar refractivity (Wildman–Crippen MR) is 59.9 cm³/mol. The van der Waals surface area contributed by atoms with Gasteiger partial charge in [-0.1, -0.05) is 13.8 Å². The van der Waals surface area contributed by atoms with Crippen LogP contribution in [-0.2, 0) is 0 Å². The summed E-state index contributed by atoms with van der Waals surface area (Å²) in [6, 6.07) is 3.66. The Bertz CT molecular complexity index is 459. The zero-order valence-electron chi connectivity index (χ0n) is 8.88. The number of pyridine rings is 1. The van der Waals surface area contributed by atoms with Gasteiger partial charge in [0, 0.05) is 24.5 Å². The van der Waals surface area contributed by atoms with E-state index in [1.807, 2.05) is 22.9 Å². The van der Waals surface area contributed by atoms with Crippen molar-refractivity contribution in [3.05, 3.63) is 36.5 Å². The lowest BCUT2D eigenvalue weighted by Gasteiger charge is -2.10. The Morgan fingerprint density at radius 2 is 2.07 bits per heavy atom. The van der Waals surface area contributed by atoms with Crippen LogP contribution in [0.5, 0.6) is 0 Å². The second kappa shape index (κ2) is 3.73. The number of anilines is 1. The van der Waals surface area contributed by atoms with Gasteiger partial charge in [-0.2, -0.15) is 0 Å². The van der Waals surface area contributed by atoms with Crippen molar-refractivity contribution in [2.24, 2.45) is 0 Å². The molecule has 0 radical (unpaired) electrons. The van der Waals surface area contributed by atoms with Gasteiger partial charge >= 0.3 is 0 Å². The molecule has 0 saturated heterocycles. The summed E-state index contributed by atoms with van der Waals surface area (Å²) in [7, 11) is 0. The van der Waals surface area contributed by atoms with Crippen LogP contribution in [0.1, 0.15) is 25.6 Å². The van der Waals surface area contributed by atoms with Crippen molar-refractivity contribution in [2.45, 2.75) is 19.8 Å². The van der Waals surface area contributed by atoms with Gasteiger partial charge in [-0.05, 0) is 12.1 Å². The quantitative estimate of drug-likeness (QED) is 0.810. The molecule has 78 valence electrons. The summed E-state index contributed by atoms with van der Waals surface area (Å²) in [5, 5.41) is 0. The summed E-state index contributed by atoms with van der Waals surface area (Å²) in [6.07, 6.45) is 5.38. The number of nitrogens with two attached hydrogens (primary N) is 1. The van der Waals surface area contributed by atoms with Gasteiger partial charge in [0.1, 0.15) is 5.82 Å². The number of nitrogens with zero attached hydrogens (tertiary/aromatic N) is 3. The van der Waals surface area contributed by atoms with Gasteiger partial charge in [-0.25, -0.2) is 9.97 Å². The zero-order chi connectivity index (χ0) is 10.8. The van der Waals surface area contributed by atoms with Crippen LogP contribution in [0, 0.1) is 0 Å². The molecule has 2 N–H and O–H groups in total. The van der Waals surface area contributed by atoms with E-state index in [2.05, 4.69) is 23.8 Å². The smallest absolute Gasteiger partial charge is 0.161 e. The highest BCUT2D eigenvalue weighted by atomic mass is 15.1. The molecule has 0 fully saturated rings. The molecule has 0 spiro atoms. The first-order valence-electron chi connectivity index (χ1n) is 4.94. The van der Waals surface area contributed by atoms with Crippen molar-refractivity contribution in [3.8, 4) is 5.82 Å². The molecule has 2 aromatic rings. The van der Waals surface area contributed by atoms with Crippen molar-refractivity contribution in [3.63, 3.8) is 0 Å². The van der Waals surface area contributed by atoms with E-state index in [1.54, 1.807) is 12.4 Å². The lowest BCUT2D eigenvalue weighted by Crippen LogP contribution is -2.06. The van der Waals surface area contributed by atoms with Crippen molar-refractivity contribution in [1.29, 1.82) is 0 Å². The highest BCUT2D eigenvalue weighted by molar-refractivity contribution is 5.52. The molecule has 0 aromatic carbocycles. The molecule has 0 saturated carbocycles. The van der Waals surface area contributed by atoms with Crippen LogP contribution in [0.25, 0.3) is 5.82 Å². The summed E-state index contributed by atoms with van der Waals surface area (Å²) in [4.78, 5) is 8.56. The molecule has 4 heteroatoms. The number of imidazole rings is 1. The molecule has 0 unspecified atom stereocenters. The van der Waals surface area contributed by atoms with E-state index in [0.717, 1.165) is 11.6 Å². The van der Waals surface area contributed by atoms with Crippen LogP contribution in [0.15, 0.2) is 30.7 Å². The third kappa shape index (κ3) is 1.70. The van der Waals surface area contributed by atoms with E-state index in [1.165, 1.54) is 0 Å². The van der Waals surface area contributed by atoms with E-state index < -0.39 is 0 Å². The van der Waals surface area contributed by atoms with Crippen LogP contribution in [0.4, 0.5) is 5.69 Å². The minimum absolute atomic E-state index is 0.349. The van der Waals surface area contributed by atoms with E-state index >= 15 is 0 Å². The average molecular weight is 202 g/mol. The van der Waals surface area contributed by atoms with Gasteiger partial charge in [0.05, 0.1) is 5.69 Å². The van der Waals surface area contributed by atoms with Crippen LogP contribution < -0.4 is 5.73 Å². The highest BCUT2D eigenvalue weighted by Crippen LogP contribution is 2.19. The Morgan fingerprint density at radius 1 is 1.27 bits per heavy atom. The minimum atomic E-state index is 0.349. The molecular weight excluding hydrogens is 188 g/mol. The van der Waals surface area contributed by atoms with Gasteiger partial charge in [-0.3, -0.25) is 4.57 Å². The zero-order valence-corrected chi connectivity index (χ0v) is 8.88. The molecule has 0 aliphatic rings. The van der Waals surface area contributed by atoms with E-state index in [0.29, 0.717) is 11.6 Å². The Hall–Kier alpha value is -1.84. The van der Waals surface area contributed by atoms with Gasteiger partial charge in [-0.15, -0.1) is 0 Å². The standard InChI is InChI=1S/C11H14N4/c1-8(2)10-14-6-7-15(10)11-9(12)4-3-5-13-11/h3-8H,12H2,1-2H3. The summed E-state index contributed by atoms with van der Waals surface area (Å²) < 4.78 is 1.93. The number of hydrogen-bond donors (Lipinski definition) is 1. The third-order valence-electron chi connectivity index (χ3n) is 2.23. The van der Waals surface area contributed by atoms with Crippen molar-refractivity contribution in [1.82, 2.24) is 14.5 Å². The molecule has 0 atom stereocenters. The summed E-state index contributed by atoms with van der Waals surface area (Å²) >= 11 is 0. The second-order valence-electron chi connectivity index (χ2n) is 3.73. The lowest BCUT2D eigenvalue weighted by molar-refractivity contribution is 0.745. The molecule has 0 aliphatic carbocycles. The first-order chi connectivity index (χ1) is 7.20. The van der Waals surface area contributed by atoms with Crippen LogP contribution >= 0.6 is 0 Å². The van der Waals surface area contributed by atoms with Gasteiger partial charge in [0.15, 0.2) is 5.82 Å². The molecule has 0 amide bonds. The van der Waals surface area contributed by atoms with Gasteiger partial charge in [0.2, 0.25) is 0 Å². The average Bonchev–Trinajstić information content (AvgIpc) is 2.67. The van der Waals surface area contributed by atoms with Crippen molar-refractivity contribution >= 4 is 5.69 Å². The topological polar surface area (TPSA) is 56.7 Å². The largest absolute Gasteiger partial charge is 0.396 e. The van der Waals surface area contributed by atoms with Crippen LogP contribution in [0.3, 0.4) is 0 Å². The van der Waals surface area contributed by atoms with Gasteiger partial charge < -0.3 is 5.73 Å². The number of rotatable bonds is 2. The van der Waals surface area contributed by atoms with Crippen molar-refractivity contribution in [2.75, 3.05) is 5.73 Å². The fraction of sp³-hybridized carbons (Fsp3) is 0.273. The molecule has 4 nitrogen and oxygen atoms in total. The van der Waals surface area contributed by atoms with Crippen LogP contribution in [0.2, 0.25) is 0 Å². The molecule has 2 heterocycles. The molecule has 0 bridgehead atoms. The van der Waals surface area contributed by atoms with Crippen LogP contribution in [-0.4, -0.2) is 14.5 Å². The summed E-state index contributed by atoms with van der Waals surface area (Å²) in [5.41, 5.74) is 6.53. The normalized spacial score (nSPS) is 10.9. The molecule has 2 rings (SSSR count). The molecule has 0 aliphatic heterocycles. The highest BCUT2D eigenvalue weighted by Gasteiger charge is 2.11. The number of nitrogen functional groups attached to an aromatic ring is 1. The fourth-order valence-electron chi connectivity index (χ4n) is 1.53. The maximum absolute atomic E-state index is 5.87. The van der Waals surface area contributed by atoms with E-state index in [4.69, 9.17) is 5.73 Å². The minimum Gasteiger partial charge on any atom is -0.396 e. The lowest BCUT2D eigenvalue weighted by atomic mass is 10.2.